The Labute approximate surface area is 117 Å². The monoisotopic (exact) mass is 277 g/mol. The Morgan fingerprint density at radius 2 is 2.21 bits per heavy atom. The van der Waals surface area contributed by atoms with Crippen LogP contribution in [-0.4, -0.2) is 12.5 Å². The van der Waals surface area contributed by atoms with Crippen molar-refractivity contribution >= 4 is 17.3 Å². The van der Waals surface area contributed by atoms with Gasteiger partial charge in [0.2, 0.25) is 0 Å². The fraction of sp³-hybridized carbons (Fsp3) is 0.357. The van der Waals surface area contributed by atoms with Gasteiger partial charge in [-0.3, -0.25) is 0 Å². The summed E-state index contributed by atoms with van der Waals surface area (Å²) in [6.07, 6.45) is 1.67. The minimum atomic E-state index is 0.547. The first-order valence-corrected chi connectivity index (χ1v) is 7.19. The lowest BCUT2D eigenvalue weighted by Gasteiger charge is -2.09. The quantitative estimate of drug-likeness (QED) is 0.652. The Kier molecular flexibility index (Phi) is 5.03. The molecule has 0 spiro atoms. The van der Waals surface area contributed by atoms with Crippen molar-refractivity contribution in [1.82, 2.24) is 10.6 Å². The highest BCUT2D eigenvalue weighted by Crippen LogP contribution is 2.14. The van der Waals surface area contributed by atoms with E-state index in [1.54, 1.807) is 17.6 Å². The molecule has 0 radical (unpaired) electrons. The highest BCUT2D eigenvalue weighted by Gasteiger charge is 2.01. The summed E-state index contributed by atoms with van der Waals surface area (Å²) in [6.45, 7) is 6.35. The molecule has 0 saturated carbocycles. The average molecular weight is 277 g/mol. The van der Waals surface area contributed by atoms with Gasteiger partial charge in [-0.25, -0.2) is 4.99 Å². The summed E-state index contributed by atoms with van der Waals surface area (Å²) >= 11 is 1.80. The minimum absolute atomic E-state index is 0.547. The fourth-order valence-corrected chi connectivity index (χ4v) is 2.48. The van der Waals surface area contributed by atoms with Crippen LogP contribution < -0.4 is 10.6 Å². The van der Waals surface area contributed by atoms with Crippen molar-refractivity contribution in [1.29, 1.82) is 0 Å². The van der Waals surface area contributed by atoms with E-state index in [2.05, 4.69) is 41.6 Å². The number of thiophene rings is 1. The van der Waals surface area contributed by atoms with Crippen molar-refractivity contribution < 1.29 is 4.42 Å². The Morgan fingerprint density at radius 1 is 1.32 bits per heavy atom. The summed E-state index contributed by atoms with van der Waals surface area (Å²) in [6, 6.07) is 8.08. The summed E-state index contributed by atoms with van der Waals surface area (Å²) in [5, 5.41) is 6.54. The molecule has 4 nitrogen and oxygen atoms in total. The zero-order valence-corrected chi connectivity index (χ0v) is 12.1. The number of nitrogens with zero attached hydrogens (tertiary/aromatic N) is 1. The molecule has 2 N–H and O–H groups in total. The highest BCUT2D eigenvalue weighted by molar-refractivity contribution is 7.11. The summed E-state index contributed by atoms with van der Waals surface area (Å²) in [5.41, 5.74) is 0. The van der Waals surface area contributed by atoms with Crippen molar-refractivity contribution in [2.75, 3.05) is 6.54 Å². The Hall–Kier alpha value is -1.75. The molecule has 0 fully saturated rings. The zero-order valence-electron chi connectivity index (χ0n) is 11.3. The molecule has 102 valence electrons. The van der Waals surface area contributed by atoms with Crippen molar-refractivity contribution in [3.8, 4) is 0 Å². The molecular weight excluding hydrogens is 258 g/mol. The maximum atomic E-state index is 5.27. The maximum absolute atomic E-state index is 5.27. The largest absolute Gasteiger partial charge is 0.467 e. The van der Waals surface area contributed by atoms with Crippen LogP contribution in [0.2, 0.25) is 0 Å². The number of hydrogen-bond acceptors (Lipinski definition) is 3. The molecule has 19 heavy (non-hydrogen) atoms. The molecule has 0 bridgehead atoms. The molecule has 0 aliphatic carbocycles. The van der Waals surface area contributed by atoms with Crippen LogP contribution >= 0.6 is 11.3 Å². The van der Waals surface area contributed by atoms with Gasteiger partial charge in [0.1, 0.15) is 12.3 Å². The van der Waals surface area contributed by atoms with Gasteiger partial charge in [-0.05, 0) is 38.1 Å². The second-order valence-corrected chi connectivity index (χ2v) is 5.51. The third-order valence-electron chi connectivity index (χ3n) is 2.54. The zero-order chi connectivity index (χ0) is 13.5. The number of rotatable bonds is 5. The Balaban J connectivity index is 1.89. The SMILES string of the molecule is CCNC(=NCc1ccco1)NCc1ccc(C)s1. The maximum Gasteiger partial charge on any atom is 0.191 e. The van der Waals surface area contributed by atoms with Crippen LogP contribution in [0.4, 0.5) is 0 Å². The van der Waals surface area contributed by atoms with E-state index in [4.69, 9.17) is 4.42 Å². The van der Waals surface area contributed by atoms with Gasteiger partial charge in [0, 0.05) is 16.3 Å². The number of furan rings is 1. The van der Waals surface area contributed by atoms with E-state index in [0.29, 0.717) is 6.54 Å². The normalized spacial score (nSPS) is 11.6. The molecule has 2 aromatic rings. The van der Waals surface area contributed by atoms with Crippen LogP contribution in [0.25, 0.3) is 0 Å². The van der Waals surface area contributed by atoms with Gasteiger partial charge in [0.05, 0.1) is 12.8 Å². The smallest absolute Gasteiger partial charge is 0.191 e. The fourth-order valence-electron chi connectivity index (χ4n) is 1.65. The molecule has 0 atom stereocenters. The lowest BCUT2D eigenvalue weighted by atomic mass is 10.4. The average Bonchev–Trinajstić information content (AvgIpc) is 3.04. The second kappa shape index (κ2) is 6.99. The first kappa shape index (κ1) is 13.7. The van der Waals surface area contributed by atoms with Crippen LogP contribution in [0.15, 0.2) is 39.9 Å². The van der Waals surface area contributed by atoms with Crippen LogP contribution in [0.1, 0.15) is 22.4 Å². The van der Waals surface area contributed by atoms with E-state index in [1.807, 2.05) is 12.1 Å². The summed E-state index contributed by atoms with van der Waals surface area (Å²) < 4.78 is 5.27. The molecule has 5 heteroatoms. The van der Waals surface area contributed by atoms with E-state index < -0.39 is 0 Å². The first-order valence-electron chi connectivity index (χ1n) is 6.38. The van der Waals surface area contributed by atoms with Gasteiger partial charge in [-0.15, -0.1) is 11.3 Å². The highest BCUT2D eigenvalue weighted by atomic mass is 32.1. The molecule has 2 rings (SSSR count). The Bertz CT molecular complexity index is 517. The van der Waals surface area contributed by atoms with E-state index in [9.17, 15) is 0 Å². The standard InChI is InChI=1S/C14H19N3OS/c1-3-15-14(16-9-12-5-4-8-18-12)17-10-13-7-6-11(2)19-13/h4-8H,3,9-10H2,1-2H3,(H2,15,16,17). The minimum Gasteiger partial charge on any atom is -0.467 e. The number of aryl methyl sites for hydroxylation is 1. The van der Waals surface area contributed by atoms with E-state index in [1.165, 1.54) is 9.75 Å². The van der Waals surface area contributed by atoms with Crippen molar-refractivity contribution in [3.05, 3.63) is 46.0 Å². The lowest BCUT2D eigenvalue weighted by molar-refractivity contribution is 0.512. The predicted molar refractivity (Wildman–Crippen MR) is 79.4 cm³/mol. The van der Waals surface area contributed by atoms with E-state index in [0.717, 1.165) is 24.8 Å². The van der Waals surface area contributed by atoms with Gasteiger partial charge in [0.15, 0.2) is 5.96 Å². The summed E-state index contributed by atoms with van der Waals surface area (Å²) in [4.78, 5) is 7.12. The summed E-state index contributed by atoms with van der Waals surface area (Å²) in [5.74, 6) is 1.68. The van der Waals surface area contributed by atoms with Crippen molar-refractivity contribution in [2.24, 2.45) is 4.99 Å². The molecule has 0 unspecified atom stereocenters. The van der Waals surface area contributed by atoms with E-state index >= 15 is 0 Å². The number of aliphatic imine (C=N–C) groups is 1. The van der Waals surface area contributed by atoms with Crippen LogP contribution in [0.5, 0.6) is 0 Å². The molecular formula is C14H19N3OS. The molecule has 0 aliphatic heterocycles. The third kappa shape index (κ3) is 4.44. The van der Waals surface area contributed by atoms with E-state index in [-0.39, 0.29) is 0 Å². The van der Waals surface area contributed by atoms with Gasteiger partial charge >= 0.3 is 0 Å². The number of hydrogen-bond donors (Lipinski definition) is 2. The lowest BCUT2D eigenvalue weighted by Crippen LogP contribution is -2.36. The summed E-state index contributed by atoms with van der Waals surface area (Å²) in [7, 11) is 0. The Morgan fingerprint density at radius 3 is 2.84 bits per heavy atom. The molecule has 2 heterocycles. The topological polar surface area (TPSA) is 49.6 Å². The number of nitrogens with one attached hydrogen (secondary N) is 2. The molecule has 0 amide bonds. The molecule has 0 aliphatic rings. The third-order valence-corrected chi connectivity index (χ3v) is 3.54. The van der Waals surface area contributed by atoms with Crippen molar-refractivity contribution in [3.63, 3.8) is 0 Å². The van der Waals surface area contributed by atoms with Crippen LogP contribution in [0, 0.1) is 6.92 Å². The van der Waals surface area contributed by atoms with Gasteiger partial charge in [-0.2, -0.15) is 0 Å². The van der Waals surface area contributed by atoms with Gasteiger partial charge in [-0.1, -0.05) is 0 Å². The molecule has 2 aromatic heterocycles. The molecule has 0 saturated heterocycles. The molecule has 0 aromatic carbocycles. The first-order chi connectivity index (χ1) is 9.28. The van der Waals surface area contributed by atoms with Crippen LogP contribution in [0.3, 0.4) is 0 Å². The van der Waals surface area contributed by atoms with Crippen LogP contribution in [-0.2, 0) is 13.1 Å². The number of guanidine groups is 1. The second-order valence-electron chi connectivity index (χ2n) is 4.14. The predicted octanol–water partition coefficient (Wildman–Crippen LogP) is 2.90. The van der Waals surface area contributed by atoms with Gasteiger partial charge < -0.3 is 15.1 Å². The van der Waals surface area contributed by atoms with Gasteiger partial charge in [0.25, 0.3) is 0 Å². The van der Waals surface area contributed by atoms with Crippen molar-refractivity contribution in [2.45, 2.75) is 26.9 Å².